The van der Waals surface area contributed by atoms with E-state index in [-0.39, 0.29) is 12.1 Å². The fourth-order valence-corrected chi connectivity index (χ4v) is 2.12. The molecule has 3 N–H and O–H groups in total. The average Bonchev–Trinajstić information content (AvgIpc) is 2.39. The molecule has 0 aliphatic carbocycles. The maximum absolute atomic E-state index is 5.72. The zero-order valence-corrected chi connectivity index (χ0v) is 12.1. The molecule has 1 aromatic heterocycles. The number of nitrogens with zero attached hydrogens (tertiary/aromatic N) is 1. The standard InChI is InChI=1S/C16H21N3O/c1-11(2)20-14-8-5-7-13(10-14)16(19-17)15-9-4-6-12(3)18-15/h4-11,16,19H,17H2,1-3H3. The maximum Gasteiger partial charge on any atom is 0.120 e. The fourth-order valence-electron chi connectivity index (χ4n) is 2.12. The molecule has 0 amide bonds. The van der Waals surface area contributed by atoms with Gasteiger partial charge in [-0.2, -0.15) is 0 Å². The second-order valence-corrected chi connectivity index (χ2v) is 5.04. The van der Waals surface area contributed by atoms with Crippen LogP contribution in [-0.2, 0) is 0 Å². The van der Waals surface area contributed by atoms with Gasteiger partial charge in [-0.05, 0) is 50.6 Å². The van der Waals surface area contributed by atoms with E-state index in [9.17, 15) is 0 Å². The highest BCUT2D eigenvalue weighted by molar-refractivity contribution is 5.35. The van der Waals surface area contributed by atoms with Crippen LogP contribution in [0.3, 0.4) is 0 Å². The second kappa shape index (κ2) is 6.50. The lowest BCUT2D eigenvalue weighted by Gasteiger charge is -2.18. The summed E-state index contributed by atoms with van der Waals surface area (Å²) in [5.74, 6) is 6.55. The Bertz CT molecular complexity index is 569. The van der Waals surface area contributed by atoms with Crippen LogP contribution >= 0.6 is 0 Å². The van der Waals surface area contributed by atoms with Gasteiger partial charge in [0.15, 0.2) is 0 Å². The number of benzene rings is 1. The van der Waals surface area contributed by atoms with Crippen LogP contribution in [0.2, 0.25) is 0 Å². The minimum atomic E-state index is -0.148. The van der Waals surface area contributed by atoms with Crippen molar-refractivity contribution in [2.45, 2.75) is 32.9 Å². The van der Waals surface area contributed by atoms with E-state index in [1.165, 1.54) is 0 Å². The summed E-state index contributed by atoms with van der Waals surface area (Å²) in [6.45, 7) is 5.98. The minimum Gasteiger partial charge on any atom is -0.491 e. The summed E-state index contributed by atoms with van der Waals surface area (Å²) in [7, 11) is 0. The summed E-state index contributed by atoms with van der Waals surface area (Å²) in [6, 6.07) is 13.7. The Morgan fingerprint density at radius 3 is 2.55 bits per heavy atom. The molecule has 0 fully saturated rings. The summed E-state index contributed by atoms with van der Waals surface area (Å²) >= 11 is 0. The number of aromatic nitrogens is 1. The van der Waals surface area contributed by atoms with Crippen molar-refractivity contribution in [3.8, 4) is 5.75 Å². The second-order valence-electron chi connectivity index (χ2n) is 5.04. The van der Waals surface area contributed by atoms with E-state index < -0.39 is 0 Å². The molecule has 1 heterocycles. The predicted molar refractivity (Wildman–Crippen MR) is 80.3 cm³/mol. The summed E-state index contributed by atoms with van der Waals surface area (Å²) in [6.07, 6.45) is 0.145. The first-order valence-corrected chi connectivity index (χ1v) is 6.76. The molecule has 0 saturated carbocycles. The summed E-state index contributed by atoms with van der Waals surface area (Å²) < 4.78 is 5.72. The molecule has 0 spiro atoms. The van der Waals surface area contributed by atoms with Crippen LogP contribution in [0.15, 0.2) is 42.5 Å². The minimum absolute atomic E-state index is 0.145. The first-order valence-electron chi connectivity index (χ1n) is 6.76. The molecular formula is C16H21N3O. The number of nitrogens with two attached hydrogens (primary N) is 1. The van der Waals surface area contributed by atoms with Crippen molar-refractivity contribution in [3.05, 3.63) is 59.4 Å². The van der Waals surface area contributed by atoms with Crippen molar-refractivity contribution >= 4 is 0 Å². The van der Waals surface area contributed by atoms with Gasteiger partial charge in [0.2, 0.25) is 0 Å². The number of nitrogens with one attached hydrogen (secondary N) is 1. The van der Waals surface area contributed by atoms with E-state index in [1.807, 2.05) is 63.2 Å². The van der Waals surface area contributed by atoms with Crippen molar-refractivity contribution in [2.75, 3.05) is 0 Å². The summed E-state index contributed by atoms with van der Waals surface area (Å²) in [5, 5.41) is 0. The van der Waals surface area contributed by atoms with Gasteiger partial charge in [0.1, 0.15) is 5.75 Å². The van der Waals surface area contributed by atoms with E-state index in [2.05, 4.69) is 10.4 Å². The van der Waals surface area contributed by atoms with E-state index in [0.29, 0.717) is 0 Å². The summed E-state index contributed by atoms with van der Waals surface area (Å²) in [4.78, 5) is 4.53. The van der Waals surface area contributed by atoms with E-state index in [1.54, 1.807) is 0 Å². The molecule has 4 nitrogen and oxygen atoms in total. The normalized spacial score (nSPS) is 12.4. The number of hydrogen-bond donors (Lipinski definition) is 2. The van der Waals surface area contributed by atoms with E-state index in [4.69, 9.17) is 10.6 Å². The number of hydrogen-bond acceptors (Lipinski definition) is 4. The molecule has 1 unspecified atom stereocenters. The van der Waals surface area contributed by atoms with Gasteiger partial charge < -0.3 is 4.74 Å². The van der Waals surface area contributed by atoms with Gasteiger partial charge >= 0.3 is 0 Å². The molecule has 2 aromatic rings. The SMILES string of the molecule is Cc1cccc(C(NN)c2cccc(OC(C)C)c2)n1. The van der Waals surface area contributed by atoms with Crippen LogP contribution in [0.1, 0.15) is 36.8 Å². The van der Waals surface area contributed by atoms with Crippen LogP contribution < -0.4 is 16.0 Å². The first-order chi connectivity index (χ1) is 9.60. The largest absolute Gasteiger partial charge is 0.491 e. The molecule has 20 heavy (non-hydrogen) atoms. The molecule has 2 rings (SSSR count). The molecule has 4 heteroatoms. The van der Waals surface area contributed by atoms with Gasteiger partial charge in [0, 0.05) is 5.69 Å². The molecule has 1 aromatic carbocycles. The zero-order chi connectivity index (χ0) is 14.5. The lowest BCUT2D eigenvalue weighted by molar-refractivity contribution is 0.242. The zero-order valence-electron chi connectivity index (χ0n) is 12.1. The third kappa shape index (κ3) is 3.56. The molecular weight excluding hydrogens is 250 g/mol. The topological polar surface area (TPSA) is 60.2 Å². The quantitative estimate of drug-likeness (QED) is 0.648. The van der Waals surface area contributed by atoms with Crippen molar-refractivity contribution in [2.24, 2.45) is 5.84 Å². The van der Waals surface area contributed by atoms with E-state index >= 15 is 0 Å². The molecule has 0 aliphatic heterocycles. The Kier molecular flexibility index (Phi) is 4.71. The Labute approximate surface area is 120 Å². The fraction of sp³-hybridized carbons (Fsp3) is 0.312. The number of pyridine rings is 1. The predicted octanol–water partition coefficient (Wildman–Crippen LogP) is 2.73. The molecule has 1 atom stereocenters. The number of rotatable bonds is 5. The summed E-state index contributed by atoms with van der Waals surface area (Å²) in [5.41, 5.74) is 5.72. The van der Waals surface area contributed by atoms with Crippen LogP contribution in [-0.4, -0.2) is 11.1 Å². The highest BCUT2D eigenvalue weighted by atomic mass is 16.5. The van der Waals surface area contributed by atoms with E-state index in [0.717, 1.165) is 22.7 Å². The Hall–Kier alpha value is -1.91. The van der Waals surface area contributed by atoms with Gasteiger partial charge in [-0.3, -0.25) is 10.8 Å². The van der Waals surface area contributed by atoms with Gasteiger partial charge in [-0.25, -0.2) is 5.43 Å². The average molecular weight is 271 g/mol. The molecule has 0 bridgehead atoms. The van der Waals surface area contributed by atoms with Gasteiger partial charge in [0.05, 0.1) is 17.8 Å². The van der Waals surface area contributed by atoms with Gasteiger partial charge in [-0.15, -0.1) is 0 Å². The third-order valence-electron chi connectivity index (χ3n) is 2.94. The highest BCUT2D eigenvalue weighted by Crippen LogP contribution is 2.24. The first kappa shape index (κ1) is 14.5. The molecule has 0 saturated heterocycles. The monoisotopic (exact) mass is 271 g/mol. The Morgan fingerprint density at radius 1 is 1.15 bits per heavy atom. The van der Waals surface area contributed by atoms with Crippen molar-refractivity contribution < 1.29 is 4.74 Å². The lowest BCUT2D eigenvalue weighted by atomic mass is 10.0. The van der Waals surface area contributed by atoms with Gasteiger partial charge in [-0.1, -0.05) is 18.2 Å². The third-order valence-corrected chi connectivity index (χ3v) is 2.94. The number of aryl methyl sites for hydroxylation is 1. The van der Waals surface area contributed by atoms with Crippen molar-refractivity contribution in [3.63, 3.8) is 0 Å². The molecule has 0 aliphatic rings. The maximum atomic E-state index is 5.72. The lowest BCUT2D eigenvalue weighted by Crippen LogP contribution is -2.29. The number of ether oxygens (including phenoxy) is 1. The smallest absolute Gasteiger partial charge is 0.120 e. The van der Waals surface area contributed by atoms with Crippen molar-refractivity contribution in [1.82, 2.24) is 10.4 Å². The Balaban J connectivity index is 2.32. The van der Waals surface area contributed by atoms with Crippen LogP contribution in [0, 0.1) is 6.92 Å². The van der Waals surface area contributed by atoms with Crippen LogP contribution in [0.4, 0.5) is 0 Å². The molecule has 106 valence electrons. The highest BCUT2D eigenvalue weighted by Gasteiger charge is 2.14. The van der Waals surface area contributed by atoms with Gasteiger partial charge in [0.25, 0.3) is 0 Å². The van der Waals surface area contributed by atoms with Crippen LogP contribution in [0.5, 0.6) is 5.75 Å². The number of hydrazine groups is 1. The molecule has 0 radical (unpaired) electrons. The Morgan fingerprint density at radius 2 is 1.90 bits per heavy atom. The van der Waals surface area contributed by atoms with Crippen LogP contribution in [0.25, 0.3) is 0 Å². The van der Waals surface area contributed by atoms with Crippen molar-refractivity contribution in [1.29, 1.82) is 0 Å².